The lowest BCUT2D eigenvalue weighted by Gasteiger charge is -2.24. The molecule has 3 heterocycles. The summed E-state index contributed by atoms with van der Waals surface area (Å²) in [6.07, 6.45) is 1.98. The van der Waals surface area contributed by atoms with Crippen LogP contribution >= 0.6 is 11.3 Å². The molecule has 1 unspecified atom stereocenters. The van der Waals surface area contributed by atoms with Crippen molar-refractivity contribution >= 4 is 34.0 Å². The van der Waals surface area contributed by atoms with Crippen LogP contribution in [-0.2, 0) is 26.1 Å². The van der Waals surface area contributed by atoms with Gasteiger partial charge in [-0.2, -0.15) is 0 Å². The smallest absolute Gasteiger partial charge is 0.328 e. The van der Waals surface area contributed by atoms with Crippen molar-refractivity contribution in [2.45, 2.75) is 77.2 Å². The van der Waals surface area contributed by atoms with E-state index in [1.165, 1.54) is 17.6 Å². The zero-order chi connectivity index (χ0) is 31.4. The van der Waals surface area contributed by atoms with Gasteiger partial charge in [-0.1, -0.05) is 52.8 Å². The number of rotatable bonds is 9. The highest BCUT2D eigenvalue weighted by molar-refractivity contribution is 7.12. The molecule has 8 heteroatoms. The number of carbonyl (C=O) groups is 2. The van der Waals surface area contributed by atoms with Crippen molar-refractivity contribution in [2.75, 3.05) is 20.3 Å². The summed E-state index contributed by atoms with van der Waals surface area (Å²) < 4.78 is 16.9. The zero-order valence-corrected chi connectivity index (χ0v) is 27.3. The standard InChI is InChI=1S/C36H42N2O5S/c1-22(2)32-14-13-28(44-32)21-31(35(40)41-6)38-34(39)30-19-24-7-10-27(43-26-11-8-25(9-12-26)36(3,4)5)20-29(24)33(37-30)23-15-17-42-18-16-23/h7-14,19-20,22-23,31H,15-18,21H2,1-6H3,(H,38,39). The van der Waals surface area contributed by atoms with Gasteiger partial charge in [-0.3, -0.25) is 4.79 Å². The second-order valence-electron chi connectivity index (χ2n) is 12.8. The normalized spacial score (nSPS) is 14.9. The summed E-state index contributed by atoms with van der Waals surface area (Å²) in [4.78, 5) is 33.5. The third-order valence-corrected chi connectivity index (χ3v) is 9.49. The molecule has 0 spiro atoms. The minimum atomic E-state index is -0.823. The molecule has 0 bridgehead atoms. The highest BCUT2D eigenvalue weighted by Crippen LogP contribution is 2.35. The van der Waals surface area contributed by atoms with E-state index < -0.39 is 17.9 Å². The summed E-state index contributed by atoms with van der Waals surface area (Å²) in [6, 6.07) is 19.1. The molecule has 232 valence electrons. The second kappa shape index (κ2) is 13.5. The topological polar surface area (TPSA) is 86.8 Å². The average Bonchev–Trinajstić information content (AvgIpc) is 3.49. The maximum Gasteiger partial charge on any atom is 0.328 e. The predicted molar refractivity (Wildman–Crippen MR) is 175 cm³/mol. The van der Waals surface area contributed by atoms with Crippen LogP contribution in [0.3, 0.4) is 0 Å². The number of fused-ring (bicyclic) bond motifs is 1. The van der Waals surface area contributed by atoms with E-state index >= 15 is 0 Å². The van der Waals surface area contributed by atoms with E-state index in [9.17, 15) is 9.59 Å². The van der Waals surface area contributed by atoms with Crippen molar-refractivity contribution in [1.82, 2.24) is 10.3 Å². The Kier molecular flexibility index (Phi) is 9.71. The number of aromatic nitrogens is 1. The molecular weight excluding hydrogens is 572 g/mol. The van der Waals surface area contributed by atoms with Gasteiger partial charge in [-0.25, -0.2) is 9.78 Å². The van der Waals surface area contributed by atoms with Crippen molar-refractivity contribution in [3.8, 4) is 11.5 Å². The lowest BCUT2D eigenvalue weighted by Crippen LogP contribution is -2.43. The Bertz CT molecular complexity index is 1610. The fourth-order valence-electron chi connectivity index (χ4n) is 5.46. The minimum Gasteiger partial charge on any atom is -0.467 e. The molecule has 0 saturated carbocycles. The first-order valence-electron chi connectivity index (χ1n) is 15.3. The monoisotopic (exact) mass is 614 g/mol. The molecule has 44 heavy (non-hydrogen) atoms. The van der Waals surface area contributed by atoms with Gasteiger partial charge in [0, 0.05) is 40.7 Å². The van der Waals surface area contributed by atoms with Crippen molar-refractivity contribution in [1.29, 1.82) is 0 Å². The van der Waals surface area contributed by atoms with Crippen LogP contribution in [0.25, 0.3) is 10.8 Å². The van der Waals surface area contributed by atoms with Gasteiger partial charge in [0.1, 0.15) is 23.2 Å². The van der Waals surface area contributed by atoms with Crippen LogP contribution in [0.1, 0.15) is 90.8 Å². The van der Waals surface area contributed by atoms with E-state index in [2.05, 4.69) is 58.1 Å². The number of carbonyl (C=O) groups excluding carboxylic acids is 2. The molecule has 1 fully saturated rings. The summed E-state index contributed by atoms with van der Waals surface area (Å²) in [6.45, 7) is 12.1. The van der Waals surface area contributed by atoms with Gasteiger partial charge in [0.15, 0.2) is 0 Å². The van der Waals surface area contributed by atoms with Crippen LogP contribution in [0, 0.1) is 0 Å². The van der Waals surface area contributed by atoms with E-state index in [1.54, 1.807) is 17.4 Å². The van der Waals surface area contributed by atoms with E-state index in [0.717, 1.165) is 39.9 Å². The van der Waals surface area contributed by atoms with Gasteiger partial charge < -0.3 is 19.5 Å². The van der Waals surface area contributed by atoms with Gasteiger partial charge >= 0.3 is 5.97 Å². The first-order chi connectivity index (χ1) is 21.0. The van der Waals surface area contributed by atoms with E-state index in [0.29, 0.717) is 31.3 Å². The molecule has 0 radical (unpaired) electrons. The van der Waals surface area contributed by atoms with Crippen LogP contribution in [0.2, 0.25) is 0 Å². The largest absolute Gasteiger partial charge is 0.467 e. The third-order valence-electron chi connectivity index (χ3n) is 8.08. The number of nitrogens with zero attached hydrogens (tertiary/aromatic N) is 1. The summed E-state index contributed by atoms with van der Waals surface area (Å²) >= 11 is 1.65. The number of methoxy groups -OCH3 is 1. The number of hydrogen-bond donors (Lipinski definition) is 1. The lowest BCUT2D eigenvalue weighted by atomic mass is 9.87. The molecule has 1 aliphatic heterocycles. The lowest BCUT2D eigenvalue weighted by molar-refractivity contribution is -0.142. The predicted octanol–water partition coefficient (Wildman–Crippen LogP) is 7.92. The number of pyridine rings is 1. The molecule has 1 N–H and O–H groups in total. The quantitative estimate of drug-likeness (QED) is 0.193. The Morgan fingerprint density at radius 1 is 1.00 bits per heavy atom. The molecule has 1 saturated heterocycles. The van der Waals surface area contributed by atoms with Crippen LogP contribution in [0.5, 0.6) is 11.5 Å². The Hall–Kier alpha value is -3.75. The first-order valence-corrected chi connectivity index (χ1v) is 16.1. The Balaban J connectivity index is 1.43. The van der Waals surface area contributed by atoms with Gasteiger partial charge in [0.25, 0.3) is 5.91 Å². The van der Waals surface area contributed by atoms with E-state index in [-0.39, 0.29) is 17.0 Å². The molecule has 0 aliphatic carbocycles. The molecule has 1 aliphatic rings. The number of nitrogens with one attached hydrogen (secondary N) is 1. The summed E-state index contributed by atoms with van der Waals surface area (Å²) in [5.41, 5.74) is 2.42. The Morgan fingerprint density at radius 3 is 2.34 bits per heavy atom. The molecule has 4 aromatic rings. The SMILES string of the molecule is COC(=O)C(Cc1ccc(C(C)C)s1)NC(=O)c1cc2ccc(Oc3ccc(C(C)(C)C)cc3)cc2c(C2CCOCC2)n1. The number of esters is 1. The fourth-order valence-corrected chi connectivity index (χ4v) is 6.52. The molecule has 7 nitrogen and oxygen atoms in total. The third kappa shape index (κ3) is 7.48. The van der Waals surface area contributed by atoms with Gasteiger partial charge in [-0.05, 0) is 77.6 Å². The Morgan fingerprint density at radius 2 is 1.70 bits per heavy atom. The average molecular weight is 615 g/mol. The Labute approximate surface area is 263 Å². The van der Waals surface area contributed by atoms with Crippen molar-refractivity contribution in [3.05, 3.63) is 87.4 Å². The van der Waals surface area contributed by atoms with E-state index in [1.807, 2.05) is 36.4 Å². The van der Waals surface area contributed by atoms with Gasteiger partial charge in [-0.15, -0.1) is 11.3 Å². The van der Waals surface area contributed by atoms with Crippen LogP contribution < -0.4 is 10.1 Å². The number of hydrogen-bond acceptors (Lipinski definition) is 7. The fraction of sp³-hybridized carbons (Fsp3) is 0.417. The second-order valence-corrected chi connectivity index (χ2v) is 14.0. The maximum absolute atomic E-state index is 13.6. The zero-order valence-electron chi connectivity index (χ0n) is 26.4. The van der Waals surface area contributed by atoms with Crippen molar-refractivity contribution in [3.63, 3.8) is 0 Å². The number of thiophene rings is 1. The highest BCUT2D eigenvalue weighted by Gasteiger charge is 2.27. The number of amides is 1. The first kappa shape index (κ1) is 31.7. The molecule has 1 atom stereocenters. The molecule has 5 rings (SSSR count). The molecule has 2 aromatic carbocycles. The molecule has 1 amide bonds. The van der Waals surface area contributed by atoms with Crippen LogP contribution in [0.4, 0.5) is 0 Å². The maximum atomic E-state index is 13.6. The molecular formula is C36H42N2O5S. The van der Waals surface area contributed by atoms with Crippen LogP contribution in [-0.4, -0.2) is 43.2 Å². The number of benzene rings is 2. The van der Waals surface area contributed by atoms with Gasteiger partial charge in [0.2, 0.25) is 0 Å². The highest BCUT2D eigenvalue weighted by atomic mass is 32.1. The molecule has 2 aromatic heterocycles. The van der Waals surface area contributed by atoms with Crippen LogP contribution in [0.15, 0.2) is 60.7 Å². The number of ether oxygens (including phenoxy) is 3. The summed E-state index contributed by atoms with van der Waals surface area (Å²) in [7, 11) is 1.34. The van der Waals surface area contributed by atoms with Gasteiger partial charge in [0.05, 0.1) is 12.8 Å². The van der Waals surface area contributed by atoms with E-state index in [4.69, 9.17) is 19.2 Å². The summed E-state index contributed by atoms with van der Waals surface area (Å²) in [5, 5.41) is 4.74. The van der Waals surface area contributed by atoms with Crippen molar-refractivity contribution in [2.24, 2.45) is 0 Å². The summed E-state index contributed by atoms with van der Waals surface area (Å²) in [5.74, 6) is 1.10. The van der Waals surface area contributed by atoms with Crippen molar-refractivity contribution < 1.29 is 23.8 Å². The minimum absolute atomic E-state index is 0.0634.